The van der Waals surface area contributed by atoms with Crippen LogP contribution in [0.2, 0.25) is 0 Å². The van der Waals surface area contributed by atoms with E-state index in [1.54, 1.807) is 0 Å². The Hall–Kier alpha value is -2.21. The van der Waals surface area contributed by atoms with Crippen LogP contribution in [0.4, 0.5) is 5.82 Å². The third kappa shape index (κ3) is 2.31. The highest BCUT2D eigenvalue weighted by molar-refractivity contribution is 6.09. The highest BCUT2D eigenvalue weighted by atomic mass is 16.6. The number of nitrogen functional groups attached to an aromatic ring is 3. The minimum Gasteiger partial charge on any atom is -0.394 e. The number of aliphatic hydroxyl groups is 3. The van der Waals surface area contributed by atoms with Gasteiger partial charge in [-0.05, 0) is 0 Å². The molecule has 2 rings (SSSR count). The van der Waals surface area contributed by atoms with Gasteiger partial charge in [-0.3, -0.25) is 10.8 Å². The number of hydrogen-bond donors (Lipinski definition) is 8. The fourth-order valence-corrected chi connectivity index (χ4v) is 2.18. The predicted octanol–water partition coefficient (Wildman–Crippen LogP) is -3.36. The van der Waals surface area contributed by atoms with Gasteiger partial charge in [0, 0.05) is 0 Å². The summed E-state index contributed by atoms with van der Waals surface area (Å²) in [5.74, 6) is -1.05. The van der Waals surface area contributed by atoms with Crippen molar-refractivity contribution < 1.29 is 20.1 Å². The molecule has 4 atom stereocenters. The molecule has 1 aliphatic rings. The number of hydrogen-bond acceptors (Lipinski definition) is 8. The van der Waals surface area contributed by atoms with Crippen molar-refractivity contribution in [1.29, 1.82) is 10.8 Å². The van der Waals surface area contributed by atoms with Crippen molar-refractivity contribution >= 4 is 17.5 Å². The maximum absolute atomic E-state index is 9.94. The first-order chi connectivity index (χ1) is 9.79. The molecule has 0 amide bonds. The lowest BCUT2D eigenvalue weighted by Gasteiger charge is -2.16. The van der Waals surface area contributed by atoms with Crippen LogP contribution in [0, 0.1) is 10.8 Å². The van der Waals surface area contributed by atoms with E-state index >= 15 is 0 Å². The first kappa shape index (κ1) is 15.2. The summed E-state index contributed by atoms with van der Waals surface area (Å²) in [5, 5.41) is 47.5. The monoisotopic (exact) mass is 299 g/mol. The normalized spacial score (nSPS) is 28.7. The van der Waals surface area contributed by atoms with Crippen LogP contribution in [0.3, 0.4) is 0 Å². The molecule has 0 aromatic carbocycles. The number of nitrogens with zero attached hydrogens (tertiary/aromatic N) is 2. The molecule has 116 valence electrons. The molecule has 1 aromatic rings. The molecule has 0 spiro atoms. The summed E-state index contributed by atoms with van der Waals surface area (Å²) in [6, 6.07) is 0. The van der Waals surface area contributed by atoms with E-state index in [-0.39, 0.29) is 17.1 Å². The van der Waals surface area contributed by atoms with Crippen molar-refractivity contribution in [2.75, 3.05) is 12.3 Å². The fraction of sp³-hybridized carbons (Fsp3) is 0.500. The van der Waals surface area contributed by atoms with E-state index in [0.29, 0.717) is 0 Å². The van der Waals surface area contributed by atoms with Crippen LogP contribution < -0.4 is 17.2 Å². The third-order valence-electron chi connectivity index (χ3n) is 3.23. The van der Waals surface area contributed by atoms with Gasteiger partial charge in [-0.25, -0.2) is 4.68 Å². The van der Waals surface area contributed by atoms with Crippen molar-refractivity contribution in [3.63, 3.8) is 0 Å². The molecular weight excluding hydrogens is 282 g/mol. The first-order valence-electron chi connectivity index (χ1n) is 5.98. The van der Waals surface area contributed by atoms with Gasteiger partial charge in [-0.15, -0.1) is 0 Å². The first-order valence-corrected chi connectivity index (χ1v) is 5.98. The Bertz CT molecular complexity index is 586. The van der Waals surface area contributed by atoms with Crippen LogP contribution in [-0.4, -0.2) is 61.7 Å². The Kier molecular flexibility index (Phi) is 3.82. The topological polar surface area (TPSA) is 214 Å². The number of rotatable bonds is 4. The van der Waals surface area contributed by atoms with Crippen molar-refractivity contribution in [2.24, 2.45) is 11.5 Å². The molecule has 11 N–H and O–H groups in total. The summed E-state index contributed by atoms with van der Waals surface area (Å²) in [6.07, 6.45) is -4.92. The van der Waals surface area contributed by atoms with Crippen molar-refractivity contribution in [2.45, 2.75) is 24.5 Å². The molecule has 21 heavy (non-hydrogen) atoms. The van der Waals surface area contributed by atoms with E-state index < -0.39 is 42.8 Å². The summed E-state index contributed by atoms with van der Waals surface area (Å²) in [5.41, 5.74) is 16.4. The molecule has 1 aliphatic heterocycles. The number of nitrogens with two attached hydrogens (primary N) is 3. The van der Waals surface area contributed by atoms with E-state index in [2.05, 4.69) is 5.10 Å². The highest BCUT2D eigenvalue weighted by Gasteiger charge is 2.45. The van der Waals surface area contributed by atoms with Gasteiger partial charge >= 0.3 is 0 Å². The molecule has 1 aromatic heterocycles. The van der Waals surface area contributed by atoms with Crippen molar-refractivity contribution in [3.8, 4) is 0 Å². The quantitative estimate of drug-likeness (QED) is 0.207. The second-order valence-electron chi connectivity index (χ2n) is 4.61. The number of anilines is 1. The number of amidine groups is 2. The largest absolute Gasteiger partial charge is 0.394 e. The second-order valence-corrected chi connectivity index (χ2v) is 4.61. The van der Waals surface area contributed by atoms with Crippen LogP contribution >= 0.6 is 0 Å². The Morgan fingerprint density at radius 3 is 2.24 bits per heavy atom. The summed E-state index contributed by atoms with van der Waals surface area (Å²) < 4.78 is 6.26. The molecule has 3 unspecified atom stereocenters. The van der Waals surface area contributed by atoms with Gasteiger partial charge in [0.15, 0.2) is 6.23 Å². The maximum Gasteiger partial charge on any atom is 0.181 e. The summed E-state index contributed by atoms with van der Waals surface area (Å²) in [4.78, 5) is 0. The van der Waals surface area contributed by atoms with Crippen LogP contribution in [0.25, 0.3) is 0 Å². The Morgan fingerprint density at radius 1 is 1.24 bits per heavy atom. The number of aliphatic hydroxyl groups excluding tert-OH is 3. The van der Waals surface area contributed by atoms with E-state index in [1.165, 1.54) is 0 Å². The lowest BCUT2D eigenvalue weighted by atomic mass is 10.1. The number of aromatic nitrogens is 2. The lowest BCUT2D eigenvalue weighted by Crippen LogP contribution is -2.33. The molecule has 0 aliphatic carbocycles. The molecule has 2 heterocycles. The van der Waals surface area contributed by atoms with Crippen LogP contribution in [0.5, 0.6) is 0 Å². The molecular formula is C10H17N7O4. The fourth-order valence-electron chi connectivity index (χ4n) is 2.18. The summed E-state index contributed by atoms with van der Waals surface area (Å²) in [7, 11) is 0. The smallest absolute Gasteiger partial charge is 0.181 e. The van der Waals surface area contributed by atoms with Gasteiger partial charge in [0.2, 0.25) is 0 Å². The van der Waals surface area contributed by atoms with Gasteiger partial charge in [0.05, 0.1) is 12.2 Å². The molecule has 1 fully saturated rings. The van der Waals surface area contributed by atoms with Crippen molar-refractivity contribution in [1.82, 2.24) is 9.78 Å². The zero-order chi connectivity index (χ0) is 15.9. The Labute approximate surface area is 118 Å². The zero-order valence-electron chi connectivity index (χ0n) is 10.9. The van der Waals surface area contributed by atoms with E-state index in [0.717, 1.165) is 4.68 Å². The summed E-state index contributed by atoms with van der Waals surface area (Å²) in [6.45, 7) is -0.505. The lowest BCUT2D eigenvalue weighted by molar-refractivity contribution is -0.0574. The average molecular weight is 299 g/mol. The molecule has 11 nitrogen and oxygen atoms in total. The molecule has 0 saturated carbocycles. The average Bonchev–Trinajstić information content (AvgIpc) is 2.89. The molecule has 0 radical (unpaired) electrons. The number of ether oxygens (including phenoxy) is 1. The standard InChI is InChI=1S/C10H17N7O4/c11-7(12)3-4(8(13)14)16-17(9(3)15)10-6(20)5(19)2(1-18)21-10/h2,5-6,10,18-20H,1,15H2,(H3,11,12)(H3,13,14)/t2?,5-,6?,10?/m0/s1. The predicted molar refractivity (Wildman–Crippen MR) is 71.7 cm³/mol. The second kappa shape index (κ2) is 5.29. The third-order valence-corrected chi connectivity index (χ3v) is 3.23. The van der Waals surface area contributed by atoms with Gasteiger partial charge < -0.3 is 37.3 Å². The minimum absolute atomic E-state index is 0.0553. The molecule has 1 saturated heterocycles. The highest BCUT2D eigenvalue weighted by Crippen LogP contribution is 2.32. The van der Waals surface area contributed by atoms with Gasteiger partial charge in [-0.2, -0.15) is 5.10 Å². The van der Waals surface area contributed by atoms with Gasteiger partial charge in [0.25, 0.3) is 0 Å². The van der Waals surface area contributed by atoms with E-state index in [1.807, 2.05) is 0 Å². The van der Waals surface area contributed by atoms with Gasteiger partial charge in [-0.1, -0.05) is 0 Å². The van der Waals surface area contributed by atoms with Crippen LogP contribution in [0.15, 0.2) is 0 Å². The minimum atomic E-state index is -1.40. The van der Waals surface area contributed by atoms with Crippen LogP contribution in [0.1, 0.15) is 17.5 Å². The van der Waals surface area contributed by atoms with Crippen LogP contribution in [-0.2, 0) is 4.74 Å². The summed E-state index contributed by atoms with van der Waals surface area (Å²) >= 11 is 0. The SMILES string of the molecule is N=C(N)c1nn(C2OC(CO)[C@H](O)C2O)c(N)c1C(=N)N. The Morgan fingerprint density at radius 2 is 1.86 bits per heavy atom. The Balaban J connectivity index is 2.48. The molecule has 11 heteroatoms. The van der Waals surface area contributed by atoms with E-state index in [9.17, 15) is 10.2 Å². The van der Waals surface area contributed by atoms with Crippen molar-refractivity contribution in [3.05, 3.63) is 11.3 Å². The zero-order valence-corrected chi connectivity index (χ0v) is 10.9. The number of nitrogens with one attached hydrogen (secondary N) is 2. The maximum atomic E-state index is 9.94. The molecule has 0 bridgehead atoms. The van der Waals surface area contributed by atoms with E-state index in [4.69, 9.17) is 37.9 Å². The van der Waals surface area contributed by atoms with Gasteiger partial charge in [0.1, 0.15) is 41.5 Å².